The minimum Gasteiger partial charge on any atom is -0.497 e. The van der Waals surface area contributed by atoms with Gasteiger partial charge in [-0.25, -0.2) is 4.68 Å². The van der Waals surface area contributed by atoms with Crippen molar-refractivity contribution in [2.45, 2.75) is 45.9 Å². The Morgan fingerprint density at radius 1 is 1.09 bits per heavy atom. The number of methoxy groups -OCH3 is 1. The number of benzene rings is 2. The van der Waals surface area contributed by atoms with Crippen molar-refractivity contribution in [3.63, 3.8) is 0 Å². The second-order valence-corrected chi connectivity index (χ2v) is 8.61. The van der Waals surface area contributed by atoms with Gasteiger partial charge in [-0.3, -0.25) is 4.90 Å². The average Bonchev–Trinajstić information content (AvgIpc) is 3.21. The molecule has 0 aliphatic rings. The summed E-state index contributed by atoms with van der Waals surface area (Å²) in [5.74, 6) is 2.13. The molecule has 1 heterocycles. The number of rotatable bonds is 14. The molecular formula is C28H37N3O4. The van der Waals surface area contributed by atoms with Crippen LogP contribution < -0.4 is 9.47 Å². The first-order valence-corrected chi connectivity index (χ1v) is 12.1. The van der Waals surface area contributed by atoms with E-state index in [2.05, 4.69) is 32.3 Å². The Balaban J connectivity index is 1.97. The third-order valence-electron chi connectivity index (χ3n) is 5.71. The van der Waals surface area contributed by atoms with Crippen molar-refractivity contribution in [2.75, 3.05) is 26.9 Å². The van der Waals surface area contributed by atoms with E-state index in [0.29, 0.717) is 31.3 Å². The van der Waals surface area contributed by atoms with Gasteiger partial charge in [0.05, 0.1) is 43.4 Å². The third-order valence-corrected chi connectivity index (χ3v) is 5.71. The lowest BCUT2D eigenvalue weighted by Crippen LogP contribution is -2.39. The number of para-hydroxylation sites is 1. The normalized spacial score (nSPS) is 12.2. The van der Waals surface area contributed by atoms with Crippen LogP contribution in [-0.2, 0) is 17.7 Å². The summed E-state index contributed by atoms with van der Waals surface area (Å²) in [6.45, 7) is 11.7. The summed E-state index contributed by atoms with van der Waals surface area (Å²) in [6.07, 6.45) is 1.82. The summed E-state index contributed by atoms with van der Waals surface area (Å²) in [6, 6.07) is 17.7. The maximum atomic E-state index is 10.6. The second-order valence-electron chi connectivity index (χ2n) is 8.61. The Hall–Kier alpha value is -3.13. The van der Waals surface area contributed by atoms with Gasteiger partial charge in [-0.15, -0.1) is 6.58 Å². The molecule has 0 saturated heterocycles. The Kier molecular flexibility index (Phi) is 9.90. The minimum atomic E-state index is -0.613. The zero-order chi connectivity index (χ0) is 25.2. The first-order chi connectivity index (χ1) is 17.0. The number of nitrogens with zero attached hydrogens (tertiary/aromatic N) is 3. The molecule has 7 heteroatoms. The van der Waals surface area contributed by atoms with Crippen LogP contribution in [0, 0.1) is 0 Å². The van der Waals surface area contributed by atoms with Gasteiger partial charge in [0.15, 0.2) is 0 Å². The lowest BCUT2D eigenvalue weighted by atomic mass is 10.1. The Morgan fingerprint density at radius 3 is 2.37 bits per heavy atom. The van der Waals surface area contributed by atoms with Crippen LogP contribution in [-0.4, -0.2) is 58.8 Å². The average molecular weight is 480 g/mol. The van der Waals surface area contributed by atoms with Crippen molar-refractivity contribution in [1.82, 2.24) is 14.7 Å². The summed E-state index contributed by atoms with van der Waals surface area (Å²) in [4.78, 5) is 2.22. The number of aryl methyl sites for hydroxylation is 1. The lowest BCUT2D eigenvalue weighted by Gasteiger charge is -2.29. The fourth-order valence-electron chi connectivity index (χ4n) is 3.80. The van der Waals surface area contributed by atoms with Gasteiger partial charge in [0.25, 0.3) is 0 Å². The molecule has 0 amide bonds. The fourth-order valence-corrected chi connectivity index (χ4v) is 3.80. The lowest BCUT2D eigenvalue weighted by molar-refractivity contribution is 0.0176. The van der Waals surface area contributed by atoms with E-state index in [0.717, 1.165) is 29.1 Å². The maximum Gasteiger partial charge on any atom is 0.227 e. The number of aromatic nitrogens is 2. The predicted molar refractivity (Wildman–Crippen MR) is 139 cm³/mol. The van der Waals surface area contributed by atoms with E-state index in [4.69, 9.17) is 19.3 Å². The fraction of sp³-hybridized carbons (Fsp3) is 0.393. The van der Waals surface area contributed by atoms with Gasteiger partial charge in [-0.05, 0) is 56.7 Å². The highest BCUT2D eigenvalue weighted by atomic mass is 16.5. The van der Waals surface area contributed by atoms with Crippen LogP contribution in [0.25, 0.3) is 5.69 Å². The predicted octanol–water partition coefficient (Wildman–Crippen LogP) is 5.01. The van der Waals surface area contributed by atoms with Crippen LogP contribution in [0.1, 0.15) is 32.0 Å². The molecule has 0 aliphatic carbocycles. The summed E-state index contributed by atoms with van der Waals surface area (Å²) in [5.41, 5.74) is 2.88. The molecule has 2 aromatic carbocycles. The van der Waals surface area contributed by atoms with E-state index >= 15 is 0 Å². The molecule has 3 rings (SSSR count). The Morgan fingerprint density at radius 2 is 1.77 bits per heavy atom. The van der Waals surface area contributed by atoms with E-state index in [1.807, 2.05) is 59.3 Å². The molecule has 1 atom stereocenters. The van der Waals surface area contributed by atoms with Gasteiger partial charge in [0, 0.05) is 19.1 Å². The molecule has 1 N–H and O–H groups in total. The molecule has 188 valence electrons. The van der Waals surface area contributed by atoms with Crippen molar-refractivity contribution in [2.24, 2.45) is 0 Å². The number of aliphatic hydroxyl groups excluding tert-OH is 1. The Labute approximate surface area is 208 Å². The third kappa shape index (κ3) is 7.18. The van der Waals surface area contributed by atoms with Crippen LogP contribution >= 0.6 is 0 Å². The largest absolute Gasteiger partial charge is 0.497 e. The van der Waals surface area contributed by atoms with E-state index in [9.17, 15) is 5.11 Å². The number of aliphatic hydroxyl groups is 1. The highest BCUT2D eigenvalue weighted by Gasteiger charge is 2.25. The van der Waals surface area contributed by atoms with E-state index in [-0.39, 0.29) is 12.6 Å². The number of hydrogen-bond acceptors (Lipinski definition) is 6. The van der Waals surface area contributed by atoms with Crippen molar-refractivity contribution in [3.05, 3.63) is 78.5 Å². The zero-order valence-electron chi connectivity index (χ0n) is 21.2. The van der Waals surface area contributed by atoms with Crippen LogP contribution in [0.3, 0.4) is 0 Å². The summed E-state index contributed by atoms with van der Waals surface area (Å²) >= 11 is 0. The molecular weight excluding hydrogens is 442 g/mol. The highest BCUT2D eigenvalue weighted by molar-refractivity contribution is 5.44. The zero-order valence-corrected chi connectivity index (χ0v) is 21.2. The van der Waals surface area contributed by atoms with Crippen LogP contribution in [0.5, 0.6) is 17.4 Å². The SMILES string of the molecule is C=CCOC[C@H](O)CN(Cc1c(CC)nn(-c2ccccc2)c1Oc1ccc(OC)cc1)C(C)C. The molecule has 0 radical (unpaired) electrons. The van der Waals surface area contributed by atoms with Gasteiger partial charge < -0.3 is 19.3 Å². The molecule has 7 nitrogen and oxygen atoms in total. The monoisotopic (exact) mass is 479 g/mol. The molecule has 0 fully saturated rings. The molecule has 3 aromatic rings. The van der Waals surface area contributed by atoms with Gasteiger partial charge >= 0.3 is 0 Å². The molecule has 1 aromatic heterocycles. The molecule has 35 heavy (non-hydrogen) atoms. The van der Waals surface area contributed by atoms with Gasteiger partial charge in [0.2, 0.25) is 5.88 Å². The van der Waals surface area contributed by atoms with E-state index in [1.165, 1.54) is 0 Å². The first kappa shape index (κ1) is 26.5. The van der Waals surface area contributed by atoms with Gasteiger partial charge in [0.1, 0.15) is 11.5 Å². The summed E-state index contributed by atoms with van der Waals surface area (Å²) < 4.78 is 19.1. The second kappa shape index (κ2) is 13.1. The van der Waals surface area contributed by atoms with Crippen molar-refractivity contribution < 1.29 is 19.3 Å². The molecule has 0 bridgehead atoms. The van der Waals surface area contributed by atoms with E-state index in [1.54, 1.807) is 13.2 Å². The molecule has 0 unspecified atom stereocenters. The Bertz CT molecular complexity index is 1050. The number of hydrogen-bond donors (Lipinski definition) is 1. The van der Waals surface area contributed by atoms with Crippen LogP contribution in [0.4, 0.5) is 0 Å². The summed E-state index contributed by atoms with van der Waals surface area (Å²) in [7, 11) is 1.64. The quantitative estimate of drug-likeness (QED) is 0.259. The standard InChI is InChI=1S/C28H37N3O4/c1-6-17-34-20-23(32)18-30(21(3)4)19-26-27(7-2)29-31(22-11-9-8-10-12-22)28(26)35-25-15-13-24(33-5)14-16-25/h6,8-16,21,23,32H,1,7,17-20H2,2-5H3/t23-/m1/s1. The van der Waals surface area contributed by atoms with Crippen molar-refractivity contribution >= 4 is 0 Å². The molecule has 0 saturated carbocycles. The van der Waals surface area contributed by atoms with Crippen molar-refractivity contribution in [3.8, 4) is 23.1 Å². The van der Waals surface area contributed by atoms with Crippen LogP contribution in [0.15, 0.2) is 67.3 Å². The molecule has 0 spiro atoms. The molecule has 0 aliphatic heterocycles. The topological polar surface area (TPSA) is 69.0 Å². The minimum absolute atomic E-state index is 0.197. The highest BCUT2D eigenvalue weighted by Crippen LogP contribution is 2.33. The number of ether oxygens (including phenoxy) is 3. The van der Waals surface area contributed by atoms with Crippen molar-refractivity contribution in [1.29, 1.82) is 0 Å². The summed E-state index contributed by atoms with van der Waals surface area (Å²) in [5, 5.41) is 15.5. The smallest absolute Gasteiger partial charge is 0.227 e. The first-order valence-electron chi connectivity index (χ1n) is 12.1. The maximum absolute atomic E-state index is 10.6. The van der Waals surface area contributed by atoms with Crippen LogP contribution in [0.2, 0.25) is 0 Å². The van der Waals surface area contributed by atoms with E-state index < -0.39 is 6.10 Å². The van der Waals surface area contributed by atoms with Gasteiger partial charge in [-0.1, -0.05) is 31.2 Å². The van der Waals surface area contributed by atoms with Gasteiger partial charge in [-0.2, -0.15) is 5.10 Å².